The normalized spacial score (nSPS) is 33.7. The topological polar surface area (TPSA) is 45.6 Å². The van der Waals surface area contributed by atoms with Gasteiger partial charge in [-0.2, -0.15) is 0 Å². The predicted molar refractivity (Wildman–Crippen MR) is 95.5 cm³/mol. The van der Waals surface area contributed by atoms with Gasteiger partial charge in [0, 0.05) is 32.9 Å². The van der Waals surface area contributed by atoms with Gasteiger partial charge in [-0.25, -0.2) is 0 Å². The van der Waals surface area contributed by atoms with Crippen LogP contribution in [0, 0.1) is 10.8 Å². The highest BCUT2D eigenvalue weighted by molar-refractivity contribution is 5.90. The van der Waals surface area contributed by atoms with Crippen molar-refractivity contribution >= 4 is 5.84 Å². The van der Waals surface area contributed by atoms with E-state index in [-0.39, 0.29) is 5.41 Å². The van der Waals surface area contributed by atoms with Gasteiger partial charge in [0.25, 0.3) is 0 Å². The molecule has 0 amide bonds. The molecule has 0 aromatic carbocycles. The third-order valence-corrected chi connectivity index (χ3v) is 7.03. The van der Waals surface area contributed by atoms with Crippen molar-refractivity contribution in [2.75, 3.05) is 26.9 Å². The first-order valence-electron chi connectivity index (χ1n) is 9.92. The third kappa shape index (κ3) is 2.72. The van der Waals surface area contributed by atoms with Crippen LogP contribution < -0.4 is 0 Å². The van der Waals surface area contributed by atoms with E-state index in [1.54, 1.807) is 11.1 Å². The average molecular weight is 332 g/mol. The van der Waals surface area contributed by atoms with Gasteiger partial charge in [0.15, 0.2) is 0 Å². The van der Waals surface area contributed by atoms with Crippen LogP contribution in [0.4, 0.5) is 0 Å². The first-order chi connectivity index (χ1) is 11.7. The van der Waals surface area contributed by atoms with Gasteiger partial charge in [0.2, 0.25) is 0 Å². The zero-order valence-electron chi connectivity index (χ0n) is 15.1. The molecule has 0 unspecified atom stereocenters. The van der Waals surface area contributed by atoms with Crippen molar-refractivity contribution < 1.29 is 9.47 Å². The Bertz CT molecular complexity index is 514. The highest BCUT2D eigenvalue weighted by Crippen LogP contribution is 2.50. The van der Waals surface area contributed by atoms with Crippen LogP contribution in [-0.2, 0) is 9.47 Å². The smallest absolute Gasteiger partial charge is 0.107 e. The predicted octanol–water partition coefficient (Wildman–Crippen LogP) is 3.90. The highest BCUT2D eigenvalue weighted by Gasteiger charge is 2.48. The van der Waals surface area contributed by atoms with Crippen LogP contribution in [0.15, 0.2) is 11.1 Å². The Morgan fingerprint density at radius 2 is 1.79 bits per heavy atom. The second-order valence-corrected chi connectivity index (χ2v) is 8.13. The molecule has 4 rings (SSSR count). The van der Waals surface area contributed by atoms with Gasteiger partial charge in [0.1, 0.15) is 5.84 Å². The molecule has 1 N–H and O–H groups in total. The summed E-state index contributed by atoms with van der Waals surface area (Å²) in [6.07, 6.45) is 12.3. The Morgan fingerprint density at radius 1 is 1.08 bits per heavy atom. The van der Waals surface area contributed by atoms with Gasteiger partial charge in [-0.1, -0.05) is 11.1 Å². The number of methoxy groups -OCH3 is 1. The molecular weight excluding hydrogens is 300 g/mol. The monoisotopic (exact) mass is 332 g/mol. The van der Waals surface area contributed by atoms with E-state index in [1.165, 1.54) is 38.5 Å². The second-order valence-electron chi connectivity index (χ2n) is 8.13. The third-order valence-electron chi connectivity index (χ3n) is 7.03. The zero-order chi connectivity index (χ0) is 16.6. The van der Waals surface area contributed by atoms with Gasteiger partial charge in [-0.3, -0.25) is 5.41 Å². The number of nitrogens with one attached hydrogen (secondary N) is 1. The summed E-state index contributed by atoms with van der Waals surface area (Å²) in [6, 6.07) is 0.541. The van der Waals surface area contributed by atoms with Crippen LogP contribution in [0.2, 0.25) is 0 Å². The van der Waals surface area contributed by atoms with Crippen molar-refractivity contribution in [1.29, 1.82) is 5.41 Å². The van der Waals surface area contributed by atoms with Crippen molar-refractivity contribution in [3.05, 3.63) is 11.1 Å². The maximum atomic E-state index is 9.15. The van der Waals surface area contributed by atoms with E-state index < -0.39 is 0 Å². The van der Waals surface area contributed by atoms with Gasteiger partial charge in [0.05, 0.1) is 11.5 Å². The Morgan fingerprint density at radius 3 is 2.50 bits per heavy atom. The van der Waals surface area contributed by atoms with E-state index >= 15 is 0 Å². The number of rotatable bonds is 2. The molecule has 0 radical (unpaired) electrons. The molecule has 0 aromatic rings. The fourth-order valence-electron chi connectivity index (χ4n) is 5.59. The lowest BCUT2D eigenvalue weighted by Gasteiger charge is -2.52. The summed E-state index contributed by atoms with van der Waals surface area (Å²) in [6.45, 7) is 2.67. The number of amidine groups is 1. The molecular formula is C20H32N2O2. The lowest BCUT2D eigenvalue weighted by atomic mass is 9.64. The fraction of sp³-hybridized carbons (Fsp3) is 0.850. The van der Waals surface area contributed by atoms with Gasteiger partial charge in [-0.15, -0.1) is 0 Å². The largest absolute Gasteiger partial charge is 0.381 e. The molecule has 4 aliphatic rings. The van der Waals surface area contributed by atoms with Crippen LogP contribution in [0.5, 0.6) is 0 Å². The molecule has 2 heterocycles. The standard InChI is InChI=1S/C20H32N2O2/c1-23-17-8-6-16(7-9-17)22-14-15-4-2-3-5-18(15)20(19(22)21)10-12-24-13-11-20/h16-17,21H,2-14H2,1H3. The van der Waals surface area contributed by atoms with E-state index in [1.807, 2.05) is 7.11 Å². The summed E-state index contributed by atoms with van der Waals surface area (Å²) < 4.78 is 11.2. The summed E-state index contributed by atoms with van der Waals surface area (Å²) in [5.74, 6) is 0.923. The second kappa shape index (κ2) is 6.80. The van der Waals surface area contributed by atoms with Crippen molar-refractivity contribution in [3.63, 3.8) is 0 Å². The highest BCUT2D eigenvalue weighted by atomic mass is 16.5. The summed E-state index contributed by atoms with van der Waals surface area (Å²) in [5.41, 5.74) is 3.32. The molecule has 2 fully saturated rings. The molecule has 134 valence electrons. The molecule has 0 atom stereocenters. The summed E-state index contributed by atoms with van der Waals surface area (Å²) >= 11 is 0. The van der Waals surface area contributed by atoms with E-state index in [0.717, 1.165) is 51.3 Å². The first kappa shape index (κ1) is 16.6. The van der Waals surface area contributed by atoms with E-state index in [9.17, 15) is 0 Å². The van der Waals surface area contributed by atoms with Crippen LogP contribution in [0.3, 0.4) is 0 Å². The van der Waals surface area contributed by atoms with E-state index in [0.29, 0.717) is 12.1 Å². The molecule has 1 spiro atoms. The van der Waals surface area contributed by atoms with Gasteiger partial charge >= 0.3 is 0 Å². The number of hydrogen-bond donors (Lipinski definition) is 1. The van der Waals surface area contributed by atoms with Gasteiger partial charge in [-0.05, 0) is 64.2 Å². The van der Waals surface area contributed by atoms with Crippen molar-refractivity contribution in [3.8, 4) is 0 Å². The minimum atomic E-state index is 0.00432. The Kier molecular flexibility index (Phi) is 4.70. The maximum Gasteiger partial charge on any atom is 0.107 e. The van der Waals surface area contributed by atoms with Crippen molar-refractivity contribution in [2.24, 2.45) is 5.41 Å². The average Bonchev–Trinajstić information content (AvgIpc) is 2.66. The SMILES string of the molecule is COC1CCC(N2CC3=C(CCCC3)C3(CCOCC3)C2=N)CC1. The molecule has 0 bridgehead atoms. The zero-order valence-corrected chi connectivity index (χ0v) is 15.1. The fourth-order valence-corrected chi connectivity index (χ4v) is 5.59. The van der Waals surface area contributed by atoms with Crippen LogP contribution >= 0.6 is 0 Å². The minimum absolute atomic E-state index is 0.00432. The number of ether oxygens (including phenoxy) is 2. The summed E-state index contributed by atoms with van der Waals surface area (Å²) in [5, 5.41) is 9.15. The van der Waals surface area contributed by atoms with Crippen LogP contribution in [0.25, 0.3) is 0 Å². The van der Waals surface area contributed by atoms with Crippen molar-refractivity contribution in [2.45, 2.75) is 76.4 Å². The Balaban J connectivity index is 1.61. The van der Waals surface area contributed by atoms with Crippen LogP contribution in [0.1, 0.15) is 64.2 Å². The van der Waals surface area contributed by atoms with E-state index in [4.69, 9.17) is 14.9 Å². The van der Waals surface area contributed by atoms with E-state index in [2.05, 4.69) is 4.90 Å². The van der Waals surface area contributed by atoms with Crippen LogP contribution in [-0.4, -0.2) is 49.7 Å². The van der Waals surface area contributed by atoms with Crippen molar-refractivity contribution in [1.82, 2.24) is 4.90 Å². The number of hydrogen-bond acceptors (Lipinski definition) is 3. The molecule has 2 aliphatic carbocycles. The summed E-state index contributed by atoms with van der Waals surface area (Å²) in [7, 11) is 1.84. The molecule has 4 nitrogen and oxygen atoms in total. The molecule has 1 saturated carbocycles. The lowest BCUT2D eigenvalue weighted by Crippen LogP contribution is -2.56. The Hall–Kier alpha value is -0.870. The number of nitrogens with zero attached hydrogens (tertiary/aromatic N) is 1. The Labute approximate surface area is 146 Å². The molecule has 4 heteroatoms. The molecule has 1 saturated heterocycles. The quantitative estimate of drug-likeness (QED) is 0.780. The number of fused-ring (bicyclic) bond motifs is 1. The molecule has 0 aromatic heterocycles. The summed E-state index contributed by atoms with van der Waals surface area (Å²) in [4.78, 5) is 2.49. The van der Waals surface area contributed by atoms with Gasteiger partial charge < -0.3 is 14.4 Å². The molecule has 24 heavy (non-hydrogen) atoms. The lowest BCUT2D eigenvalue weighted by molar-refractivity contribution is 0.0349. The minimum Gasteiger partial charge on any atom is -0.381 e. The molecule has 2 aliphatic heterocycles. The maximum absolute atomic E-state index is 9.15. The first-order valence-corrected chi connectivity index (χ1v) is 9.92.